The van der Waals surface area contributed by atoms with Crippen LogP contribution in [0.5, 0.6) is 5.75 Å². The molecule has 0 spiro atoms. The van der Waals surface area contributed by atoms with Gasteiger partial charge in [-0.25, -0.2) is 0 Å². The standard InChI is InChI=1S/C17H20O2/c1-13-5-7-14(8-6-13)9-16(12-18)10-15-3-2-4-17(19)11-15/h2-8,11,16,18-19H,9-10,12H2,1H3. The molecule has 0 radical (unpaired) electrons. The van der Waals surface area contributed by atoms with Gasteiger partial charge in [-0.05, 0) is 48.9 Å². The molecule has 19 heavy (non-hydrogen) atoms. The Hall–Kier alpha value is -1.80. The smallest absolute Gasteiger partial charge is 0.115 e. The van der Waals surface area contributed by atoms with E-state index in [1.165, 1.54) is 11.1 Å². The number of aliphatic hydroxyl groups is 1. The zero-order chi connectivity index (χ0) is 13.7. The van der Waals surface area contributed by atoms with Crippen molar-refractivity contribution in [1.29, 1.82) is 0 Å². The summed E-state index contributed by atoms with van der Waals surface area (Å²) in [6, 6.07) is 15.7. The third kappa shape index (κ3) is 4.11. The fourth-order valence-electron chi connectivity index (χ4n) is 2.28. The van der Waals surface area contributed by atoms with Crippen molar-refractivity contribution in [3.05, 3.63) is 65.2 Å². The molecule has 0 bridgehead atoms. The fourth-order valence-corrected chi connectivity index (χ4v) is 2.28. The Morgan fingerprint density at radius 1 is 0.947 bits per heavy atom. The second-order valence-corrected chi connectivity index (χ2v) is 5.11. The second-order valence-electron chi connectivity index (χ2n) is 5.11. The molecule has 100 valence electrons. The molecule has 2 aromatic carbocycles. The first-order valence-corrected chi connectivity index (χ1v) is 6.61. The number of hydrogen-bond acceptors (Lipinski definition) is 2. The third-order valence-corrected chi connectivity index (χ3v) is 3.34. The number of benzene rings is 2. The van der Waals surface area contributed by atoms with Crippen molar-refractivity contribution in [2.45, 2.75) is 19.8 Å². The molecule has 0 amide bonds. The van der Waals surface area contributed by atoms with Crippen LogP contribution in [-0.2, 0) is 12.8 Å². The molecular formula is C17H20O2. The molecule has 0 aliphatic carbocycles. The van der Waals surface area contributed by atoms with Gasteiger partial charge in [-0.2, -0.15) is 0 Å². The number of aromatic hydroxyl groups is 1. The molecule has 0 heterocycles. The molecule has 0 aliphatic rings. The van der Waals surface area contributed by atoms with E-state index in [9.17, 15) is 10.2 Å². The second kappa shape index (κ2) is 6.39. The van der Waals surface area contributed by atoms with Crippen LogP contribution in [0, 0.1) is 12.8 Å². The molecule has 2 heteroatoms. The summed E-state index contributed by atoms with van der Waals surface area (Å²) < 4.78 is 0. The van der Waals surface area contributed by atoms with Crippen molar-refractivity contribution >= 4 is 0 Å². The Morgan fingerprint density at radius 3 is 2.26 bits per heavy atom. The lowest BCUT2D eigenvalue weighted by Gasteiger charge is -2.14. The van der Waals surface area contributed by atoms with Crippen LogP contribution in [0.25, 0.3) is 0 Å². The van der Waals surface area contributed by atoms with Crippen molar-refractivity contribution in [3.8, 4) is 5.75 Å². The summed E-state index contributed by atoms with van der Waals surface area (Å²) in [4.78, 5) is 0. The van der Waals surface area contributed by atoms with E-state index in [1.54, 1.807) is 12.1 Å². The zero-order valence-electron chi connectivity index (χ0n) is 11.2. The van der Waals surface area contributed by atoms with Crippen LogP contribution in [0.15, 0.2) is 48.5 Å². The van der Waals surface area contributed by atoms with E-state index in [1.807, 2.05) is 12.1 Å². The average Bonchev–Trinajstić information content (AvgIpc) is 2.40. The highest BCUT2D eigenvalue weighted by molar-refractivity contribution is 5.28. The highest BCUT2D eigenvalue weighted by Gasteiger charge is 2.10. The number of aryl methyl sites for hydroxylation is 1. The van der Waals surface area contributed by atoms with Crippen molar-refractivity contribution in [3.63, 3.8) is 0 Å². The van der Waals surface area contributed by atoms with Crippen LogP contribution in [0.2, 0.25) is 0 Å². The van der Waals surface area contributed by atoms with E-state index in [0.717, 1.165) is 18.4 Å². The lowest BCUT2D eigenvalue weighted by molar-refractivity contribution is 0.225. The van der Waals surface area contributed by atoms with Gasteiger partial charge in [0.2, 0.25) is 0 Å². The van der Waals surface area contributed by atoms with Crippen molar-refractivity contribution in [2.75, 3.05) is 6.61 Å². The maximum Gasteiger partial charge on any atom is 0.115 e. The molecule has 2 N–H and O–H groups in total. The summed E-state index contributed by atoms with van der Waals surface area (Å²) in [5, 5.41) is 19.0. The molecule has 2 aromatic rings. The number of rotatable bonds is 5. The van der Waals surface area contributed by atoms with E-state index in [4.69, 9.17) is 0 Å². The molecule has 1 unspecified atom stereocenters. The summed E-state index contributed by atoms with van der Waals surface area (Å²) >= 11 is 0. The van der Waals surface area contributed by atoms with E-state index < -0.39 is 0 Å². The fraction of sp³-hybridized carbons (Fsp3) is 0.294. The van der Waals surface area contributed by atoms with Gasteiger partial charge in [-0.3, -0.25) is 0 Å². The Balaban J connectivity index is 2.02. The average molecular weight is 256 g/mol. The van der Waals surface area contributed by atoms with E-state index >= 15 is 0 Å². The van der Waals surface area contributed by atoms with Crippen LogP contribution < -0.4 is 0 Å². The minimum Gasteiger partial charge on any atom is -0.508 e. The topological polar surface area (TPSA) is 40.5 Å². The Bertz CT molecular complexity index is 517. The number of aliphatic hydroxyl groups excluding tert-OH is 1. The molecular weight excluding hydrogens is 236 g/mol. The van der Waals surface area contributed by atoms with Crippen LogP contribution in [0.4, 0.5) is 0 Å². The molecule has 2 nitrogen and oxygen atoms in total. The first-order chi connectivity index (χ1) is 9.17. The van der Waals surface area contributed by atoms with Gasteiger partial charge >= 0.3 is 0 Å². The van der Waals surface area contributed by atoms with Crippen LogP contribution in [0.3, 0.4) is 0 Å². The van der Waals surface area contributed by atoms with Crippen molar-refractivity contribution in [1.82, 2.24) is 0 Å². The molecule has 0 saturated carbocycles. The number of phenols is 1. The number of hydrogen-bond donors (Lipinski definition) is 2. The largest absolute Gasteiger partial charge is 0.508 e. The van der Waals surface area contributed by atoms with Gasteiger partial charge in [0.15, 0.2) is 0 Å². The Morgan fingerprint density at radius 2 is 1.63 bits per heavy atom. The molecule has 2 rings (SSSR count). The van der Waals surface area contributed by atoms with Crippen LogP contribution >= 0.6 is 0 Å². The summed E-state index contributed by atoms with van der Waals surface area (Å²) in [5.74, 6) is 0.467. The summed E-state index contributed by atoms with van der Waals surface area (Å²) in [5.41, 5.74) is 3.55. The first kappa shape index (κ1) is 13.6. The third-order valence-electron chi connectivity index (χ3n) is 3.34. The van der Waals surface area contributed by atoms with Gasteiger partial charge in [-0.15, -0.1) is 0 Å². The predicted octanol–water partition coefficient (Wildman–Crippen LogP) is 3.09. The van der Waals surface area contributed by atoms with Crippen molar-refractivity contribution < 1.29 is 10.2 Å². The maximum absolute atomic E-state index is 9.51. The number of phenolic OH excluding ortho intramolecular Hbond substituents is 1. The summed E-state index contributed by atoms with van der Waals surface area (Å²) in [6.07, 6.45) is 1.63. The Labute approximate surface area is 114 Å². The lowest BCUT2D eigenvalue weighted by atomic mass is 9.93. The summed E-state index contributed by atoms with van der Waals surface area (Å²) in [6.45, 7) is 2.23. The molecule has 0 fully saturated rings. The molecule has 0 saturated heterocycles. The lowest BCUT2D eigenvalue weighted by Crippen LogP contribution is -2.12. The van der Waals surface area contributed by atoms with Crippen LogP contribution in [0.1, 0.15) is 16.7 Å². The van der Waals surface area contributed by atoms with E-state index in [2.05, 4.69) is 31.2 Å². The maximum atomic E-state index is 9.51. The molecule has 0 aromatic heterocycles. The van der Waals surface area contributed by atoms with Gasteiger partial charge in [-0.1, -0.05) is 42.0 Å². The SMILES string of the molecule is Cc1ccc(CC(CO)Cc2cccc(O)c2)cc1. The van der Waals surface area contributed by atoms with Gasteiger partial charge in [0.25, 0.3) is 0 Å². The van der Waals surface area contributed by atoms with Gasteiger partial charge in [0.05, 0.1) is 0 Å². The van der Waals surface area contributed by atoms with Crippen molar-refractivity contribution in [2.24, 2.45) is 5.92 Å². The highest BCUT2D eigenvalue weighted by Crippen LogP contribution is 2.18. The highest BCUT2D eigenvalue weighted by atomic mass is 16.3. The van der Waals surface area contributed by atoms with Crippen LogP contribution in [-0.4, -0.2) is 16.8 Å². The first-order valence-electron chi connectivity index (χ1n) is 6.61. The summed E-state index contributed by atoms with van der Waals surface area (Å²) in [7, 11) is 0. The minimum atomic E-state index is 0.156. The minimum absolute atomic E-state index is 0.156. The van der Waals surface area contributed by atoms with Gasteiger partial charge in [0, 0.05) is 6.61 Å². The molecule has 0 aliphatic heterocycles. The normalized spacial score (nSPS) is 12.3. The van der Waals surface area contributed by atoms with E-state index in [0.29, 0.717) is 0 Å². The van der Waals surface area contributed by atoms with E-state index in [-0.39, 0.29) is 18.3 Å². The van der Waals surface area contributed by atoms with Gasteiger partial charge < -0.3 is 10.2 Å². The predicted molar refractivity (Wildman–Crippen MR) is 77.3 cm³/mol. The quantitative estimate of drug-likeness (QED) is 0.863. The monoisotopic (exact) mass is 256 g/mol. The zero-order valence-corrected chi connectivity index (χ0v) is 11.2. The van der Waals surface area contributed by atoms with Gasteiger partial charge in [0.1, 0.15) is 5.75 Å². The Kier molecular flexibility index (Phi) is 4.58. The molecule has 1 atom stereocenters.